The molecule has 3 aromatic rings. The van der Waals surface area contributed by atoms with Crippen molar-refractivity contribution in [2.75, 3.05) is 6.54 Å². The first-order chi connectivity index (χ1) is 13.9. The largest absolute Gasteiger partial charge is 0.352 e. The van der Waals surface area contributed by atoms with Crippen molar-refractivity contribution in [1.29, 1.82) is 0 Å². The van der Waals surface area contributed by atoms with Crippen molar-refractivity contribution in [2.24, 2.45) is 0 Å². The Labute approximate surface area is 174 Å². The van der Waals surface area contributed by atoms with E-state index in [1.54, 1.807) is 18.3 Å². The summed E-state index contributed by atoms with van der Waals surface area (Å²) in [4.78, 5) is 12.1. The maximum Gasteiger partial charge on any atom is 0.240 e. The second kappa shape index (κ2) is 9.69. The molecule has 1 amide bonds. The minimum atomic E-state index is -3.70. The minimum absolute atomic E-state index is 0.0000184. The maximum absolute atomic E-state index is 12.2. The molecule has 2 aromatic carbocycles. The second-order valence-corrected chi connectivity index (χ2v) is 8.61. The van der Waals surface area contributed by atoms with E-state index in [-0.39, 0.29) is 23.8 Å². The molecule has 1 heterocycles. The van der Waals surface area contributed by atoms with Crippen LogP contribution in [0, 0.1) is 0 Å². The smallest absolute Gasteiger partial charge is 0.240 e. The van der Waals surface area contributed by atoms with Crippen LogP contribution in [0.25, 0.3) is 0 Å². The number of nitrogens with one attached hydrogen (secondary N) is 2. The number of hydrogen-bond donors (Lipinski definition) is 2. The molecule has 0 bridgehead atoms. The first-order valence-corrected chi connectivity index (χ1v) is 10.9. The molecule has 0 radical (unpaired) electrons. The molecular formula is C20H21ClN4O3S. The molecule has 0 saturated heterocycles. The van der Waals surface area contributed by atoms with E-state index >= 15 is 0 Å². The Morgan fingerprint density at radius 3 is 2.62 bits per heavy atom. The van der Waals surface area contributed by atoms with Crippen molar-refractivity contribution in [3.05, 3.63) is 83.1 Å². The first-order valence-electron chi connectivity index (χ1n) is 8.99. The van der Waals surface area contributed by atoms with Crippen LogP contribution in [0.4, 0.5) is 0 Å². The summed E-state index contributed by atoms with van der Waals surface area (Å²) in [7, 11) is -3.70. The number of rotatable bonds is 9. The lowest BCUT2D eigenvalue weighted by Gasteiger charge is -2.09. The molecule has 9 heteroatoms. The van der Waals surface area contributed by atoms with Gasteiger partial charge in [-0.3, -0.25) is 9.48 Å². The summed E-state index contributed by atoms with van der Waals surface area (Å²) in [5, 5.41) is 7.32. The number of benzene rings is 2. The summed E-state index contributed by atoms with van der Waals surface area (Å²) in [6.07, 6.45) is 3.65. The summed E-state index contributed by atoms with van der Waals surface area (Å²) >= 11 is 5.82. The number of sulfonamides is 1. The normalized spacial score (nSPS) is 11.3. The molecule has 152 valence electrons. The Hall–Kier alpha value is -2.68. The van der Waals surface area contributed by atoms with Crippen molar-refractivity contribution in [1.82, 2.24) is 19.8 Å². The van der Waals surface area contributed by atoms with Crippen molar-refractivity contribution in [3.63, 3.8) is 0 Å². The van der Waals surface area contributed by atoms with Gasteiger partial charge in [-0.1, -0.05) is 41.9 Å². The average molecular weight is 433 g/mol. The average Bonchev–Trinajstić information content (AvgIpc) is 3.19. The third kappa shape index (κ3) is 6.42. The van der Waals surface area contributed by atoms with Gasteiger partial charge in [0.2, 0.25) is 15.9 Å². The highest BCUT2D eigenvalue weighted by Crippen LogP contribution is 2.15. The Bertz CT molecular complexity index is 1070. The third-order valence-electron chi connectivity index (χ3n) is 4.14. The fourth-order valence-electron chi connectivity index (χ4n) is 2.72. The van der Waals surface area contributed by atoms with Gasteiger partial charge in [0, 0.05) is 36.9 Å². The fraction of sp³-hybridized carbons (Fsp3) is 0.200. The van der Waals surface area contributed by atoms with Crippen LogP contribution in [0.5, 0.6) is 0 Å². The van der Waals surface area contributed by atoms with Crippen LogP contribution in [-0.2, 0) is 27.9 Å². The lowest BCUT2D eigenvalue weighted by atomic mass is 10.1. The van der Waals surface area contributed by atoms with E-state index in [0.717, 1.165) is 11.1 Å². The van der Waals surface area contributed by atoms with Crippen LogP contribution in [0.3, 0.4) is 0 Å². The van der Waals surface area contributed by atoms with Gasteiger partial charge in [0.1, 0.15) is 0 Å². The molecule has 1 aromatic heterocycles. The number of hydrogen-bond acceptors (Lipinski definition) is 4. The van der Waals surface area contributed by atoms with Gasteiger partial charge in [-0.25, -0.2) is 13.1 Å². The third-order valence-corrected chi connectivity index (χ3v) is 5.83. The number of aromatic nitrogens is 2. The Kier molecular flexibility index (Phi) is 7.03. The highest BCUT2D eigenvalue weighted by molar-refractivity contribution is 7.89. The number of amides is 1. The molecule has 0 aliphatic carbocycles. The fourth-order valence-corrected chi connectivity index (χ4v) is 4.06. The zero-order chi connectivity index (χ0) is 20.7. The summed E-state index contributed by atoms with van der Waals surface area (Å²) < 4.78 is 28.6. The van der Waals surface area contributed by atoms with Gasteiger partial charge in [-0.05, 0) is 35.4 Å². The van der Waals surface area contributed by atoms with Gasteiger partial charge >= 0.3 is 0 Å². The summed E-state index contributed by atoms with van der Waals surface area (Å²) in [5.74, 6) is -0.240. The van der Waals surface area contributed by atoms with Gasteiger partial charge in [-0.15, -0.1) is 0 Å². The lowest BCUT2D eigenvalue weighted by Crippen LogP contribution is -2.30. The van der Waals surface area contributed by atoms with Crippen molar-refractivity contribution < 1.29 is 13.2 Å². The highest BCUT2D eigenvalue weighted by atomic mass is 35.5. The van der Waals surface area contributed by atoms with E-state index in [4.69, 9.17) is 11.6 Å². The zero-order valence-electron chi connectivity index (χ0n) is 15.6. The first kappa shape index (κ1) is 21.0. The van der Waals surface area contributed by atoms with Crippen LogP contribution >= 0.6 is 11.6 Å². The van der Waals surface area contributed by atoms with Crippen molar-refractivity contribution in [2.45, 2.75) is 24.4 Å². The molecule has 2 N–H and O–H groups in total. The summed E-state index contributed by atoms with van der Waals surface area (Å²) in [6, 6.07) is 15.7. The lowest BCUT2D eigenvalue weighted by molar-refractivity contribution is -0.121. The number of halogens is 1. The van der Waals surface area contributed by atoms with Crippen LogP contribution in [0.15, 0.2) is 71.9 Å². The van der Waals surface area contributed by atoms with Gasteiger partial charge in [0.15, 0.2) is 0 Å². The molecule has 0 aliphatic rings. The number of nitrogens with zero attached hydrogens (tertiary/aromatic N) is 2. The molecule has 0 saturated carbocycles. The summed E-state index contributed by atoms with van der Waals surface area (Å²) in [5.41, 5.74) is 2.04. The maximum atomic E-state index is 12.2. The zero-order valence-corrected chi connectivity index (χ0v) is 17.2. The van der Waals surface area contributed by atoms with E-state index in [1.807, 2.05) is 41.2 Å². The van der Waals surface area contributed by atoms with E-state index in [2.05, 4.69) is 15.1 Å². The monoisotopic (exact) mass is 432 g/mol. The summed E-state index contributed by atoms with van der Waals surface area (Å²) in [6.45, 7) is 1.02. The SMILES string of the molecule is O=C(CCNS(=O)(=O)c1cccc(Cl)c1)NCc1cccc(Cn2cccn2)c1. The topological polar surface area (TPSA) is 93.1 Å². The second-order valence-electron chi connectivity index (χ2n) is 6.41. The number of carbonyl (C=O) groups is 1. The van der Waals surface area contributed by atoms with Gasteiger partial charge in [-0.2, -0.15) is 5.10 Å². The quantitative estimate of drug-likeness (QED) is 0.543. The molecule has 3 rings (SSSR count). The van der Waals surface area contributed by atoms with Crippen LogP contribution < -0.4 is 10.0 Å². The molecule has 0 spiro atoms. The molecule has 0 unspecified atom stereocenters. The molecule has 29 heavy (non-hydrogen) atoms. The van der Waals surface area contributed by atoms with Crippen molar-refractivity contribution in [3.8, 4) is 0 Å². The van der Waals surface area contributed by atoms with E-state index < -0.39 is 10.0 Å². The molecule has 0 fully saturated rings. The van der Waals surface area contributed by atoms with Gasteiger partial charge in [0.05, 0.1) is 11.4 Å². The molecule has 7 nitrogen and oxygen atoms in total. The van der Waals surface area contributed by atoms with E-state index in [9.17, 15) is 13.2 Å². The van der Waals surface area contributed by atoms with Gasteiger partial charge in [0.25, 0.3) is 0 Å². The van der Waals surface area contributed by atoms with E-state index in [1.165, 1.54) is 12.1 Å². The highest BCUT2D eigenvalue weighted by Gasteiger charge is 2.14. The Morgan fingerprint density at radius 1 is 1.07 bits per heavy atom. The predicted octanol–water partition coefficient (Wildman–Crippen LogP) is 2.57. The number of carbonyl (C=O) groups excluding carboxylic acids is 1. The van der Waals surface area contributed by atoms with Gasteiger partial charge < -0.3 is 5.32 Å². The van der Waals surface area contributed by atoms with Crippen LogP contribution in [-0.4, -0.2) is 30.7 Å². The van der Waals surface area contributed by atoms with E-state index in [0.29, 0.717) is 18.1 Å². The minimum Gasteiger partial charge on any atom is -0.352 e. The van der Waals surface area contributed by atoms with Crippen LogP contribution in [0.2, 0.25) is 5.02 Å². The standard InChI is InChI=1S/C20H21ClN4O3S/c21-18-6-2-7-19(13-18)29(27,28)24-10-8-20(26)22-14-16-4-1-5-17(12-16)15-25-11-3-9-23-25/h1-7,9,11-13,24H,8,10,14-15H2,(H,22,26). The Morgan fingerprint density at radius 2 is 1.86 bits per heavy atom. The molecule has 0 aliphatic heterocycles. The predicted molar refractivity (Wildman–Crippen MR) is 111 cm³/mol. The molecular weight excluding hydrogens is 412 g/mol. The Balaban J connectivity index is 1.45. The molecule has 0 atom stereocenters. The van der Waals surface area contributed by atoms with Crippen LogP contribution in [0.1, 0.15) is 17.5 Å². The van der Waals surface area contributed by atoms with Crippen molar-refractivity contribution >= 4 is 27.5 Å².